The van der Waals surface area contributed by atoms with Crippen LogP contribution in [0.4, 0.5) is 0 Å². The van der Waals surface area contributed by atoms with Crippen molar-refractivity contribution in [3.05, 3.63) is 309 Å². The zero-order valence-corrected chi connectivity index (χ0v) is 47.6. The Morgan fingerprint density at radius 3 is 0.943 bits per heavy atom. The Morgan fingerprint density at radius 1 is 0.205 bits per heavy atom. The molecule has 13 aromatic carbocycles. The maximum Gasteiger partial charge on any atom is 0.166 e. The van der Waals surface area contributed by atoms with Gasteiger partial charge in [0.15, 0.2) is 17.5 Å². The molecule has 88 heavy (non-hydrogen) atoms. The van der Waals surface area contributed by atoms with E-state index in [1.807, 2.05) is 36.4 Å². The Morgan fingerprint density at radius 2 is 0.534 bits per heavy atom. The first-order valence-corrected chi connectivity index (χ1v) is 29.9. The number of aromatic nitrogens is 7. The summed E-state index contributed by atoms with van der Waals surface area (Å²) in [5, 5.41) is 9.33. The Bertz CT molecular complexity index is 5540. The highest BCUT2D eigenvalue weighted by atomic mass is 15.1. The lowest BCUT2D eigenvalue weighted by atomic mass is 10.0. The van der Waals surface area contributed by atoms with Crippen LogP contribution < -0.4 is 0 Å². The second-order valence-corrected chi connectivity index (χ2v) is 22.7. The largest absolute Gasteiger partial charge is 0.308 e. The molecule has 0 radical (unpaired) electrons. The van der Waals surface area contributed by atoms with Gasteiger partial charge in [-0.2, -0.15) is 0 Å². The van der Waals surface area contributed by atoms with Crippen molar-refractivity contribution < 1.29 is 0 Å². The quantitative estimate of drug-likeness (QED) is 0.145. The van der Waals surface area contributed by atoms with Crippen LogP contribution in [0, 0.1) is 0 Å². The summed E-state index contributed by atoms with van der Waals surface area (Å²) in [6.07, 6.45) is 0. The molecule has 5 heterocycles. The summed E-state index contributed by atoms with van der Waals surface area (Å²) in [5.41, 5.74) is 20.3. The number of fused-ring (bicyclic) bond motifs is 15. The van der Waals surface area contributed by atoms with E-state index in [9.17, 15) is 0 Å². The number of nitrogens with zero attached hydrogens (tertiary/aromatic N) is 7. The monoisotopic (exact) mass is 1120 g/mol. The first-order chi connectivity index (χ1) is 43.7. The van der Waals surface area contributed by atoms with Gasteiger partial charge in [-0.05, 0) is 107 Å². The van der Waals surface area contributed by atoms with Gasteiger partial charge >= 0.3 is 0 Å². The second kappa shape index (κ2) is 19.8. The number of hydrogen-bond acceptors (Lipinski definition) is 3. The van der Waals surface area contributed by atoms with Crippen LogP contribution in [0.15, 0.2) is 309 Å². The number of para-hydroxylation sites is 5. The van der Waals surface area contributed by atoms with Crippen molar-refractivity contribution in [2.45, 2.75) is 0 Å². The van der Waals surface area contributed by atoms with Gasteiger partial charge in [-0.1, -0.05) is 224 Å². The Balaban J connectivity index is 1.01. The fraction of sp³-hybridized carbons (Fsp3) is 0. The molecule has 0 aliphatic carbocycles. The molecular weight excluding hydrogens is 1070 g/mol. The molecule has 0 aliphatic heterocycles. The fourth-order valence-electron chi connectivity index (χ4n) is 14.0. The number of rotatable bonds is 9. The van der Waals surface area contributed by atoms with Crippen LogP contribution in [0.3, 0.4) is 0 Å². The van der Waals surface area contributed by atoms with Gasteiger partial charge < -0.3 is 18.3 Å². The van der Waals surface area contributed by atoms with E-state index in [2.05, 4.69) is 291 Å². The third kappa shape index (κ3) is 7.60. The SMILES string of the molecule is c1ccc(-c2ccc3c(c2)c2cc(-c4ccccc4)ccc2n3-c2ccc(-n3c4ccccc4c4c5c(c6ccccc6n5-c5ccccc5)c5c(c6ccccc6n5-c5ccccc5)c43)cc2-c2nc(-c3ccccc3)nc(-c3ccccc3)n2)cc1. The summed E-state index contributed by atoms with van der Waals surface area (Å²) in [6.45, 7) is 0. The van der Waals surface area contributed by atoms with E-state index in [-0.39, 0.29) is 0 Å². The van der Waals surface area contributed by atoms with Gasteiger partial charge in [0.1, 0.15) is 0 Å². The van der Waals surface area contributed by atoms with E-state index < -0.39 is 0 Å². The van der Waals surface area contributed by atoms with Crippen molar-refractivity contribution in [3.8, 4) is 79.2 Å². The van der Waals surface area contributed by atoms with Crippen molar-refractivity contribution in [1.29, 1.82) is 0 Å². The maximum absolute atomic E-state index is 5.57. The standard InChI is InChI=1S/C81H51N7/c1-7-25-52(26-8-1)56-43-46-70-64(49-56)65-50-57(53-27-9-2-10-28-53)44-47-71(65)88(70)72-48-45-60(51-66(72)81-83-79(54-29-11-3-12-30-54)82-80(84-81)55-31-13-4-14-32-55)87-69-42-24-21-39-63(69)75-77-73(61-37-19-22-40-67(61)85(77)58-33-15-5-16-34-58)76-74(78(75)87)62-38-20-23-41-68(62)86(76)59-35-17-6-18-36-59/h1-51H. The minimum atomic E-state index is 0.555. The van der Waals surface area contributed by atoms with Crippen LogP contribution >= 0.6 is 0 Å². The molecule has 18 aromatic rings. The summed E-state index contributed by atoms with van der Waals surface area (Å²) < 4.78 is 9.96. The molecule has 0 bridgehead atoms. The first kappa shape index (κ1) is 49.5. The fourth-order valence-corrected chi connectivity index (χ4v) is 14.0. The minimum absolute atomic E-state index is 0.555. The molecular formula is C81H51N7. The van der Waals surface area contributed by atoms with Gasteiger partial charge in [0.05, 0.1) is 49.8 Å². The van der Waals surface area contributed by atoms with Gasteiger partial charge in [0.2, 0.25) is 0 Å². The molecule has 18 rings (SSSR count). The summed E-state index contributed by atoms with van der Waals surface area (Å²) in [6, 6.07) is 111. The van der Waals surface area contributed by atoms with Crippen LogP contribution in [0.2, 0.25) is 0 Å². The summed E-state index contributed by atoms with van der Waals surface area (Å²) >= 11 is 0. The smallest absolute Gasteiger partial charge is 0.166 e. The predicted octanol–water partition coefficient (Wildman–Crippen LogP) is 20.6. The van der Waals surface area contributed by atoms with E-state index in [4.69, 9.17) is 15.0 Å². The van der Waals surface area contributed by atoms with Gasteiger partial charge in [-0.25, -0.2) is 15.0 Å². The Hall–Kier alpha value is -11.9. The third-order valence-corrected chi connectivity index (χ3v) is 17.8. The van der Waals surface area contributed by atoms with Crippen molar-refractivity contribution in [2.24, 2.45) is 0 Å². The van der Waals surface area contributed by atoms with E-state index in [1.54, 1.807) is 0 Å². The van der Waals surface area contributed by atoms with Crippen LogP contribution in [0.5, 0.6) is 0 Å². The summed E-state index contributed by atoms with van der Waals surface area (Å²) in [5.74, 6) is 1.73. The predicted molar refractivity (Wildman–Crippen MR) is 364 cm³/mol. The molecule has 7 heteroatoms. The molecule has 0 spiro atoms. The van der Waals surface area contributed by atoms with E-state index in [0.29, 0.717) is 17.5 Å². The highest BCUT2D eigenvalue weighted by Gasteiger charge is 2.30. The van der Waals surface area contributed by atoms with Crippen molar-refractivity contribution in [1.82, 2.24) is 33.2 Å². The highest BCUT2D eigenvalue weighted by Crippen LogP contribution is 2.51. The van der Waals surface area contributed by atoms with E-state index in [0.717, 1.165) is 127 Å². The Labute approximate surface area is 506 Å². The lowest BCUT2D eigenvalue weighted by Gasteiger charge is -2.18. The van der Waals surface area contributed by atoms with Crippen LogP contribution in [-0.2, 0) is 0 Å². The molecule has 0 atom stereocenters. The van der Waals surface area contributed by atoms with Crippen molar-refractivity contribution >= 4 is 87.2 Å². The van der Waals surface area contributed by atoms with Crippen LogP contribution in [-0.4, -0.2) is 33.2 Å². The van der Waals surface area contributed by atoms with Gasteiger partial charge in [-0.3, -0.25) is 0 Å². The molecule has 0 aliphatic rings. The minimum Gasteiger partial charge on any atom is -0.308 e. The molecule has 0 fully saturated rings. The molecule has 410 valence electrons. The molecule has 0 amide bonds. The number of hydrogen-bond donors (Lipinski definition) is 0. The third-order valence-electron chi connectivity index (χ3n) is 17.8. The first-order valence-electron chi connectivity index (χ1n) is 29.9. The highest BCUT2D eigenvalue weighted by molar-refractivity contribution is 6.40. The van der Waals surface area contributed by atoms with E-state index in [1.165, 1.54) is 21.5 Å². The Kier molecular flexibility index (Phi) is 11.2. The topological polar surface area (TPSA) is 58.4 Å². The molecule has 0 N–H and O–H groups in total. The lowest BCUT2D eigenvalue weighted by Crippen LogP contribution is -2.05. The second-order valence-electron chi connectivity index (χ2n) is 22.7. The zero-order valence-electron chi connectivity index (χ0n) is 47.6. The molecule has 0 saturated heterocycles. The van der Waals surface area contributed by atoms with Crippen molar-refractivity contribution in [2.75, 3.05) is 0 Å². The molecule has 7 nitrogen and oxygen atoms in total. The van der Waals surface area contributed by atoms with Crippen molar-refractivity contribution in [3.63, 3.8) is 0 Å². The van der Waals surface area contributed by atoms with Gasteiger partial charge in [-0.15, -0.1) is 0 Å². The van der Waals surface area contributed by atoms with Crippen LogP contribution in [0.25, 0.3) is 166 Å². The maximum atomic E-state index is 5.57. The lowest BCUT2D eigenvalue weighted by molar-refractivity contribution is 1.06. The molecule has 0 saturated carbocycles. The normalized spacial score (nSPS) is 11.9. The van der Waals surface area contributed by atoms with Gasteiger partial charge in [0.25, 0.3) is 0 Å². The van der Waals surface area contributed by atoms with Gasteiger partial charge in [0, 0.05) is 76.8 Å². The average Bonchev–Trinajstić information content (AvgIpc) is 1.52. The molecule has 0 unspecified atom stereocenters. The summed E-state index contributed by atoms with van der Waals surface area (Å²) in [4.78, 5) is 16.4. The average molecular weight is 1120 g/mol. The molecule has 5 aromatic heterocycles. The number of benzene rings is 13. The summed E-state index contributed by atoms with van der Waals surface area (Å²) in [7, 11) is 0. The van der Waals surface area contributed by atoms with E-state index >= 15 is 0 Å². The van der Waals surface area contributed by atoms with Crippen LogP contribution in [0.1, 0.15) is 0 Å². The zero-order chi connectivity index (χ0) is 57.8.